The van der Waals surface area contributed by atoms with Gasteiger partial charge in [0, 0.05) is 17.0 Å². The van der Waals surface area contributed by atoms with E-state index in [-0.39, 0.29) is 23.0 Å². The summed E-state index contributed by atoms with van der Waals surface area (Å²) in [6.45, 7) is 5.00. The molecule has 5 heteroatoms. The molecule has 0 amide bonds. The summed E-state index contributed by atoms with van der Waals surface area (Å²) >= 11 is 0. The van der Waals surface area contributed by atoms with Crippen molar-refractivity contribution in [2.45, 2.75) is 58.0 Å². The average Bonchev–Trinajstić information content (AvgIpc) is 2.86. The Labute approximate surface area is 199 Å². The van der Waals surface area contributed by atoms with Gasteiger partial charge in [-0.3, -0.25) is 0 Å². The zero-order chi connectivity index (χ0) is 24.1. The van der Waals surface area contributed by atoms with Crippen LogP contribution in [-0.4, -0.2) is 19.3 Å². The first kappa shape index (κ1) is 24.3. The predicted molar refractivity (Wildman–Crippen MR) is 130 cm³/mol. The Morgan fingerprint density at radius 2 is 1.53 bits per heavy atom. The molecule has 0 aromatic heterocycles. The molecule has 0 spiro atoms. The highest BCUT2D eigenvalue weighted by Gasteiger charge is 2.23. The van der Waals surface area contributed by atoms with Gasteiger partial charge in [-0.25, -0.2) is 8.78 Å². The van der Waals surface area contributed by atoms with Gasteiger partial charge in [0.2, 0.25) is 5.82 Å². The van der Waals surface area contributed by atoms with Gasteiger partial charge in [-0.2, -0.15) is 4.39 Å². The fourth-order valence-corrected chi connectivity index (χ4v) is 4.55. The van der Waals surface area contributed by atoms with E-state index in [9.17, 15) is 8.78 Å². The lowest BCUT2D eigenvalue weighted by molar-refractivity contribution is -0.00115. The van der Waals surface area contributed by atoms with Crippen molar-refractivity contribution in [2.75, 3.05) is 13.2 Å². The van der Waals surface area contributed by atoms with Crippen LogP contribution < -0.4 is 4.74 Å². The number of rotatable bonds is 8. The minimum Gasteiger partial charge on any atom is -0.490 e. The molecule has 0 radical (unpaired) electrons. The lowest BCUT2D eigenvalue weighted by atomic mass is 9.89. The van der Waals surface area contributed by atoms with Crippen LogP contribution in [0.3, 0.4) is 0 Å². The maximum atomic E-state index is 15.0. The van der Waals surface area contributed by atoms with E-state index in [2.05, 4.69) is 6.92 Å². The first-order valence-electron chi connectivity index (χ1n) is 12.1. The van der Waals surface area contributed by atoms with Crippen molar-refractivity contribution in [3.05, 3.63) is 77.6 Å². The third-order valence-electron chi connectivity index (χ3n) is 6.46. The van der Waals surface area contributed by atoms with Crippen molar-refractivity contribution >= 4 is 0 Å². The van der Waals surface area contributed by atoms with Crippen molar-refractivity contribution in [3.8, 4) is 28.0 Å². The molecule has 0 aliphatic carbocycles. The molecule has 34 heavy (non-hydrogen) atoms. The second-order valence-electron chi connectivity index (χ2n) is 8.92. The van der Waals surface area contributed by atoms with Crippen molar-refractivity contribution in [3.63, 3.8) is 0 Å². The van der Waals surface area contributed by atoms with Crippen LogP contribution >= 0.6 is 0 Å². The van der Waals surface area contributed by atoms with Gasteiger partial charge in [0.25, 0.3) is 0 Å². The molecule has 1 aliphatic rings. The minimum absolute atomic E-state index is 0.0915. The molecule has 4 rings (SSSR count). The molecule has 2 atom stereocenters. The van der Waals surface area contributed by atoms with Crippen molar-refractivity contribution < 1.29 is 22.6 Å². The normalized spacial score (nSPS) is 18.1. The van der Waals surface area contributed by atoms with Crippen molar-refractivity contribution in [1.82, 2.24) is 0 Å². The van der Waals surface area contributed by atoms with Crippen LogP contribution in [0.4, 0.5) is 13.2 Å². The predicted octanol–water partition coefficient (Wildman–Crippen LogP) is 8.29. The molecular weight excluding hydrogens is 437 g/mol. The molecular formula is C29H31F3O2. The summed E-state index contributed by atoms with van der Waals surface area (Å²) in [7, 11) is 0. The molecule has 1 aliphatic heterocycles. The summed E-state index contributed by atoms with van der Waals surface area (Å²) in [6, 6.07) is 15.1. The summed E-state index contributed by atoms with van der Waals surface area (Å²) in [4.78, 5) is 0. The van der Waals surface area contributed by atoms with Gasteiger partial charge in [0.15, 0.2) is 11.6 Å². The number of hydrogen-bond acceptors (Lipinski definition) is 2. The Morgan fingerprint density at radius 1 is 0.824 bits per heavy atom. The summed E-state index contributed by atoms with van der Waals surface area (Å²) in [5.74, 6) is -2.12. The number of hydrogen-bond donors (Lipinski definition) is 0. The van der Waals surface area contributed by atoms with Crippen LogP contribution in [0, 0.1) is 17.5 Å². The SMILES string of the molecule is CCCOc1ccc(-c2ccc(-c3ccc(C4CCC(CCC)OC4)cc3F)cc2)c(F)c1F. The van der Waals surface area contributed by atoms with Crippen LogP contribution in [0.5, 0.6) is 5.75 Å². The van der Waals surface area contributed by atoms with E-state index in [0.717, 1.165) is 31.2 Å². The van der Waals surface area contributed by atoms with Crippen molar-refractivity contribution in [2.24, 2.45) is 0 Å². The van der Waals surface area contributed by atoms with Crippen LogP contribution in [0.2, 0.25) is 0 Å². The highest BCUT2D eigenvalue weighted by Crippen LogP contribution is 2.34. The van der Waals surface area contributed by atoms with E-state index < -0.39 is 11.6 Å². The summed E-state index contributed by atoms with van der Waals surface area (Å²) in [6.07, 6.45) is 5.22. The Bertz CT molecular complexity index is 1100. The Morgan fingerprint density at radius 3 is 2.15 bits per heavy atom. The highest BCUT2D eigenvalue weighted by molar-refractivity contribution is 5.71. The molecule has 3 aromatic carbocycles. The zero-order valence-corrected chi connectivity index (χ0v) is 19.8. The highest BCUT2D eigenvalue weighted by atomic mass is 19.2. The fraction of sp³-hybridized carbons (Fsp3) is 0.379. The van der Waals surface area contributed by atoms with Gasteiger partial charge < -0.3 is 9.47 Å². The van der Waals surface area contributed by atoms with E-state index in [1.807, 2.05) is 13.0 Å². The van der Waals surface area contributed by atoms with Gasteiger partial charge in [0.05, 0.1) is 19.3 Å². The summed E-state index contributed by atoms with van der Waals surface area (Å²) < 4.78 is 55.2. The van der Waals surface area contributed by atoms with Gasteiger partial charge >= 0.3 is 0 Å². The average molecular weight is 469 g/mol. The van der Waals surface area contributed by atoms with E-state index in [0.29, 0.717) is 42.4 Å². The first-order valence-corrected chi connectivity index (χ1v) is 12.1. The first-order chi connectivity index (χ1) is 16.5. The number of benzene rings is 3. The molecule has 0 N–H and O–H groups in total. The topological polar surface area (TPSA) is 18.5 Å². The lowest BCUT2D eigenvalue weighted by Crippen LogP contribution is -2.24. The number of halogens is 3. The summed E-state index contributed by atoms with van der Waals surface area (Å²) in [5, 5.41) is 0. The minimum atomic E-state index is -0.996. The smallest absolute Gasteiger partial charge is 0.201 e. The van der Waals surface area contributed by atoms with Crippen LogP contribution in [0.1, 0.15) is 57.4 Å². The monoisotopic (exact) mass is 468 g/mol. The van der Waals surface area contributed by atoms with Gasteiger partial charge in [-0.05, 0) is 60.6 Å². The second kappa shape index (κ2) is 11.1. The van der Waals surface area contributed by atoms with Crippen LogP contribution in [0.15, 0.2) is 54.6 Å². The Hall–Kier alpha value is -2.79. The molecule has 3 aromatic rings. The Kier molecular flexibility index (Phi) is 7.94. The quantitative estimate of drug-likeness (QED) is 0.331. The third kappa shape index (κ3) is 5.30. The molecule has 2 unspecified atom stereocenters. The fourth-order valence-electron chi connectivity index (χ4n) is 4.55. The van der Waals surface area contributed by atoms with E-state index in [1.54, 1.807) is 36.4 Å². The molecule has 1 heterocycles. The number of ether oxygens (including phenoxy) is 2. The maximum Gasteiger partial charge on any atom is 0.201 e. The molecule has 180 valence electrons. The maximum absolute atomic E-state index is 15.0. The molecule has 0 saturated carbocycles. The van der Waals surface area contributed by atoms with Crippen LogP contribution in [-0.2, 0) is 4.74 Å². The van der Waals surface area contributed by atoms with Crippen molar-refractivity contribution in [1.29, 1.82) is 0 Å². The van der Waals surface area contributed by atoms with E-state index in [4.69, 9.17) is 9.47 Å². The Balaban J connectivity index is 1.50. The largest absolute Gasteiger partial charge is 0.490 e. The van der Waals surface area contributed by atoms with Crippen LogP contribution in [0.25, 0.3) is 22.3 Å². The third-order valence-corrected chi connectivity index (χ3v) is 6.46. The van der Waals surface area contributed by atoms with Gasteiger partial charge in [0.1, 0.15) is 5.82 Å². The second-order valence-corrected chi connectivity index (χ2v) is 8.92. The van der Waals surface area contributed by atoms with E-state index >= 15 is 4.39 Å². The molecule has 1 saturated heterocycles. The van der Waals surface area contributed by atoms with E-state index in [1.165, 1.54) is 12.1 Å². The molecule has 0 bridgehead atoms. The molecule has 2 nitrogen and oxygen atoms in total. The van der Waals surface area contributed by atoms with Gasteiger partial charge in [-0.1, -0.05) is 56.7 Å². The standard InChI is InChI=1S/C29H31F3O2/c1-3-5-23-12-10-22(18-34-23)21-11-13-24(26(30)17-21)19-6-8-20(9-7-19)25-14-15-27(33-16-4-2)29(32)28(25)31/h6-9,11,13-15,17,22-23H,3-5,10,12,16,18H2,1-2H3. The lowest BCUT2D eigenvalue weighted by Gasteiger charge is -2.29. The zero-order valence-electron chi connectivity index (χ0n) is 19.8. The molecule has 1 fully saturated rings. The summed E-state index contributed by atoms with van der Waals surface area (Å²) in [5.41, 5.74) is 2.77. The van der Waals surface area contributed by atoms with Gasteiger partial charge in [-0.15, -0.1) is 0 Å².